The van der Waals surface area contributed by atoms with Crippen LogP contribution in [-0.4, -0.2) is 22.0 Å². The van der Waals surface area contributed by atoms with Crippen LogP contribution in [0.25, 0.3) is 0 Å². The van der Waals surface area contributed by atoms with Crippen LogP contribution in [0.15, 0.2) is 36.5 Å². The Balaban J connectivity index is 1.66. The number of rotatable bonds is 4. The molecule has 0 saturated heterocycles. The van der Waals surface area contributed by atoms with Gasteiger partial charge in [0.25, 0.3) is 5.91 Å². The van der Waals surface area contributed by atoms with Crippen LogP contribution in [0.2, 0.25) is 0 Å². The lowest BCUT2D eigenvalue weighted by molar-refractivity contribution is 0.0953. The quantitative estimate of drug-likeness (QED) is 0.913. The van der Waals surface area contributed by atoms with Crippen LogP contribution in [0.5, 0.6) is 0 Å². The van der Waals surface area contributed by atoms with E-state index in [2.05, 4.69) is 27.0 Å². The fraction of sp³-hybridized carbons (Fsp3) is 0.308. The van der Waals surface area contributed by atoms with Gasteiger partial charge in [0, 0.05) is 12.0 Å². The van der Waals surface area contributed by atoms with Crippen LogP contribution in [0.1, 0.15) is 28.1 Å². The van der Waals surface area contributed by atoms with Crippen molar-refractivity contribution in [2.24, 2.45) is 0 Å². The molecule has 5 heteroatoms. The molecule has 1 fully saturated rings. The number of nitrogens with zero attached hydrogens (tertiary/aromatic N) is 2. The van der Waals surface area contributed by atoms with Gasteiger partial charge in [0.05, 0.1) is 6.20 Å². The van der Waals surface area contributed by atoms with Gasteiger partial charge in [-0.3, -0.25) is 4.79 Å². The summed E-state index contributed by atoms with van der Waals surface area (Å²) in [6, 6.07) is 10.4. The molecule has 1 aromatic heterocycles. The molecular formula is C13H13N3OS. The van der Waals surface area contributed by atoms with Crippen LogP contribution in [0.4, 0.5) is 0 Å². The Hall–Kier alpha value is -1.75. The Morgan fingerprint density at radius 1 is 1.33 bits per heavy atom. The summed E-state index contributed by atoms with van der Waals surface area (Å²) in [5.41, 5.74) is 1.46. The average molecular weight is 259 g/mol. The van der Waals surface area contributed by atoms with Gasteiger partial charge >= 0.3 is 0 Å². The second kappa shape index (κ2) is 4.49. The molecule has 0 radical (unpaired) electrons. The normalized spacial score (nSPS) is 16.2. The molecule has 0 unspecified atom stereocenters. The zero-order valence-electron chi connectivity index (χ0n) is 9.80. The van der Waals surface area contributed by atoms with Gasteiger partial charge in [-0.15, -0.1) is 5.10 Å². The van der Waals surface area contributed by atoms with Crippen molar-refractivity contribution in [2.45, 2.75) is 18.3 Å². The molecule has 3 rings (SSSR count). The van der Waals surface area contributed by atoms with Crippen molar-refractivity contribution in [1.29, 1.82) is 0 Å². The Bertz CT molecular complexity index is 535. The highest BCUT2D eigenvalue weighted by atomic mass is 32.1. The third kappa shape index (κ3) is 2.13. The topological polar surface area (TPSA) is 54.9 Å². The lowest BCUT2D eigenvalue weighted by Gasteiger charge is -2.15. The lowest BCUT2D eigenvalue weighted by atomic mass is 9.96. The summed E-state index contributed by atoms with van der Waals surface area (Å²) in [5.74, 6) is -0.0767. The van der Waals surface area contributed by atoms with E-state index >= 15 is 0 Å². The summed E-state index contributed by atoms with van der Waals surface area (Å²) in [7, 11) is 0. The molecule has 0 spiro atoms. The van der Waals surface area contributed by atoms with Gasteiger partial charge in [0.1, 0.15) is 4.88 Å². The van der Waals surface area contributed by atoms with Gasteiger partial charge < -0.3 is 5.32 Å². The summed E-state index contributed by atoms with van der Waals surface area (Å²) in [6.45, 7) is 0.688. The van der Waals surface area contributed by atoms with Gasteiger partial charge in [0.15, 0.2) is 0 Å². The summed E-state index contributed by atoms with van der Waals surface area (Å²) in [6.07, 6.45) is 3.78. The Labute approximate surface area is 109 Å². The molecule has 1 amide bonds. The highest BCUT2D eigenvalue weighted by Crippen LogP contribution is 2.47. The molecule has 4 nitrogen and oxygen atoms in total. The standard InChI is InChI=1S/C13H13N3OS/c17-12(11-8-15-16-18-11)14-9-13(6-7-13)10-4-2-1-3-5-10/h1-5,8H,6-7,9H2,(H,14,17). The smallest absolute Gasteiger partial charge is 0.264 e. The van der Waals surface area contributed by atoms with Gasteiger partial charge in [-0.1, -0.05) is 34.8 Å². The van der Waals surface area contributed by atoms with Crippen LogP contribution < -0.4 is 5.32 Å². The summed E-state index contributed by atoms with van der Waals surface area (Å²) in [5, 5.41) is 6.65. The predicted molar refractivity (Wildman–Crippen MR) is 69.6 cm³/mol. The number of carbonyl (C=O) groups excluding carboxylic acids is 1. The van der Waals surface area contributed by atoms with Gasteiger partial charge in [0.2, 0.25) is 0 Å². The van der Waals surface area contributed by atoms with E-state index in [9.17, 15) is 4.79 Å². The fourth-order valence-corrected chi connectivity index (χ4v) is 2.55. The molecule has 0 atom stereocenters. The number of aromatic nitrogens is 2. The molecule has 1 aromatic carbocycles. The minimum Gasteiger partial charge on any atom is -0.350 e. The minimum absolute atomic E-state index is 0.0767. The molecule has 1 N–H and O–H groups in total. The Morgan fingerprint density at radius 2 is 2.11 bits per heavy atom. The first-order valence-electron chi connectivity index (χ1n) is 5.91. The van der Waals surface area contributed by atoms with E-state index in [0.29, 0.717) is 11.4 Å². The Kier molecular flexibility index (Phi) is 2.83. The summed E-state index contributed by atoms with van der Waals surface area (Å²) >= 11 is 1.12. The van der Waals surface area contributed by atoms with Crippen LogP contribution in [-0.2, 0) is 5.41 Å². The maximum Gasteiger partial charge on any atom is 0.264 e. The Morgan fingerprint density at radius 3 is 2.72 bits per heavy atom. The molecule has 0 bridgehead atoms. The average Bonchev–Trinajstić information content (AvgIpc) is 3.01. The van der Waals surface area contributed by atoms with Crippen molar-refractivity contribution >= 4 is 17.4 Å². The highest BCUT2D eigenvalue weighted by Gasteiger charge is 2.44. The number of carbonyl (C=O) groups is 1. The molecule has 18 heavy (non-hydrogen) atoms. The van der Waals surface area contributed by atoms with Crippen molar-refractivity contribution in [1.82, 2.24) is 14.9 Å². The van der Waals surface area contributed by atoms with Crippen molar-refractivity contribution in [2.75, 3.05) is 6.54 Å². The van der Waals surface area contributed by atoms with Gasteiger partial charge in [-0.05, 0) is 29.9 Å². The second-order valence-electron chi connectivity index (χ2n) is 4.61. The molecule has 1 aliphatic rings. The van der Waals surface area contributed by atoms with Crippen LogP contribution in [0.3, 0.4) is 0 Å². The zero-order valence-corrected chi connectivity index (χ0v) is 10.6. The maximum absolute atomic E-state index is 11.8. The van der Waals surface area contributed by atoms with E-state index in [0.717, 1.165) is 24.4 Å². The van der Waals surface area contributed by atoms with E-state index in [4.69, 9.17) is 0 Å². The van der Waals surface area contributed by atoms with E-state index < -0.39 is 0 Å². The van der Waals surface area contributed by atoms with Crippen molar-refractivity contribution < 1.29 is 4.79 Å². The first-order chi connectivity index (χ1) is 8.80. The molecule has 1 saturated carbocycles. The highest BCUT2D eigenvalue weighted by molar-refractivity contribution is 7.07. The lowest BCUT2D eigenvalue weighted by Crippen LogP contribution is -2.31. The van der Waals surface area contributed by atoms with Gasteiger partial charge in [-0.2, -0.15) is 0 Å². The summed E-state index contributed by atoms with van der Waals surface area (Å²) < 4.78 is 3.69. The molecule has 1 heterocycles. The molecular weight excluding hydrogens is 246 g/mol. The van der Waals surface area contributed by atoms with Crippen molar-refractivity contribution in [3.63, 3.8) is 0 Å². The second-order valence-corrected chi connectivity index (χ2v) is 5.40. The SMILES string of the molecule is O=C(NCC1(c2ccccc2)CC1)c1cnns1. The number of hydrogen-bond acceptors (Lipinski definition) is 4. The first kappa shape index (κ1) is 11.3. The number of benzene rings is 1. The minimum atomic E-state index is -0.0767. The number of nitrogens with one attached hydrogen (secondary N) is 1. The largest absolute Gasteiger partial charge is 0.350 e. The molecule has 2 aromatic rings. The third-order valence-corrected chi connectivity index (χ3v) is 4.08. The molecule has 92 valence electrons. The van der Waals surface area contributed by atoms with E-state index in [-0.39, 0.29) is 11.3 Å². The monoisotopic (exact) mass is 259 g/mol. The zero-order chi connectivity index (χ0) is 12.4. The van der Waals surface area contributed by atoms with Crippen molar-refractivity contribution in [3.05, 3.63) is 47.0 Å². The van der Waals surface area contributed by atoms with E-state index in [1.165, 1.54) is 11.8 Å². The number of hydrogen-bond donors (Lipinski definition) is 1. The summed E-state index contributed by atoms with van der Waals surface area (Å²) in [4.78, 5) is 12.4. The fourth-order valence-electron chi connectivity index (χ4n) is 2.11. The maximum atomic E-state index is 11.8. The van der Waals surface area contributed by atoms with Gasteiger partial charge in [-0.25, -0.2) is 0 Å². The third-order valence-electron chi connectivity index (χ3n) is 3.41. The molecule has 1 aliphatic carbocycles. The van der Waals surface area contributed by atoms with E-state index in [1.807, 2.05) is 18.2 Å². The van der Waals surface area contributed by atoms with Crippen molar-refractivity contribution in [3.8, 4) is 0 Å². The predicted octanol–water partition coefficient (Wildman–Crippen LogP) is 2.00. The van der Waals surface area contributed by atoms with Crippen LogP contribution >= 0.6 is 11.5 Å². The van der Waals surface area contributed by atoms with E-state index in [1.54, 1.807) is 0 Å². The van der Waals surface area contributed by atoms with Crippen LogP contribution in [0, 0.1) is 0 Å². The number of amides is 1. The molecule has 0 aliphatic heterocycles. The first-order valence-corrected chi connectivity index (χ1v) is 6.69.